The van der Waals surface area contributed by atoms with Gasteiger partial charge in [0, 0.05) is 19.8 Å². The Balaban J connectivity index is 2.78. The van der Waals surface area contributed by atoms with Crippen LogP contribution in [0.25, 0.3) is 0 Å². The van der Waals surface area contributed by atoms with Gasteiger partial charge in [0.2, 0.25) is 0 Å². The molecule has 0 bridgehead atoms. The van der Waals surface area contributed by atoms with Crippen LogP contribution < -0.4 is 10.6 Å². The Morgan fingerprint density at radius 2 is 2.20 bits per heavy atom. The first kappa shape index (κ1) is 11.5. The maximum absolute atomic E-state index is 10.6. The average Bonchev–Trinajstić information content (AvgIpc) is 2.18. The van der Waals surface area contributed by atoms with E-state index >= 15 is 0 Å². The first-order valence-electron chi connectivity index (χ1n) is 4.75. The largest absolute Gasteiger partial charge is 0.480 e. The highest BCUT2D eigenvalue weighted by molar-refractivity contribution is 5.73. The second-order valence-corrected chi connectivity index (χ2v) is 3.71. The fourth-order valence-corrected chi connectivity index (χ4v) is 1.30. The SMILES string of the molecule is CN(C)c1cccc(C[C@H](N)C(=O)O)c1. The summed E-state index contributed by atoms with van der Waals surface area (Å²) in [5, 5.41) is 8.69. The third kappa shape index (κ3) is 3.25. The van der Waals surface area contributed by atoms with E-state index in [2.05, 4.69) is 0 Å². The van der Waals surface area contributed by atoms with E-state index in [-0.39, 0.29) is 0 Å². The molecule has 0 aromatic heterocycles. The number of carbonyl (C=O) groups is 1. The summed E-state index contributed by atoms with van der Waals surface area (Å²) in [5.74, 6) is -0.967. The molecule has 0 unspecified atom stereocenters. The fourth-order valence-electron chi connectivity index (χ4n) is 1.30. The lowest BCUT2D eigenvalue weighted by molar-refractivity contribution is -0.138. The Bertz CT molecular complexity index is 350. The minimum atomic E-state index is -0.967. The van der Waals surface area contributed by atoms with Gasteiger partial charge < -0.3 is 15.7 Å². The number of nitrogens with zero attached hydrogens (tertiary/aromatic N) is 1. The van der Waals surface area contributed by atoms with Gasteiger partial charge in [-0.1, -0.05) is 12.1 Å². The lowest BCUT2D eigenvalue weighted by Gasteiger charge is -2.14. The molecule has 3 N–H and O–H groups in total. The predicted octanol–water partition coefficient (Wildman–Crippen LogP) is 0.707. The van der Waals surface area contributed by atoms with Crippen LogP contribution in [0.3, 0.4) is 0 Å². The van der Waals surface area contributed by atoms with E-state index < -0.39 is 12.0 Å². The molecule has 1 atom stereocenters. The maximum Gasteiger partial charge on any atom is 0.320 e. The molecule has 0 saturated heterocycles. The van der Waals surface area contributed by atoms with E-state index in [0.29, 0.717) is 6.42 Å². The van der Waals surface area contributed by atoms with Crippen LogP contribution in [0.15, 0.2) is 24.3 Å². The van der Waals surface area contributed by atoms with Gasteiger partial charge in [0.25, 0.3) is 0 Å². The molecule has 0 aliphatic heterocycles. The van der Waals surface area contributed by atoms with Crippen LogP contribution in [-0.4, -0.2) is 31.2 Å². The number of hydrogen-bond donors (Lipinski definition) is 2. The standard InChI is InChI=1S/C11H16N2O2/c1-13(2)9-5-3-4-8(6-9)7-10(12)11(14)15/h3-6,10H,7,12H2,1-2H3,(H,14,15)/t10-/m0/s1. The molecule has 4 heteroatoms. The third-order valence-corrected chi connectivity index (χ3v) is 2.20. The summed E-state index contributed by atoms with van der Waals surface area (Å²) in [5.41, 5.74) is 7.45. The van der Waals surface area contributed by atoms with Crippen LogP contribution in [0.2, 0.25) is 0 Å². The van der Waals surface area contributed by atoms with Crippen molar-refractivity contribution in [3.8, 4) is 0 Å². The molecule has 0 aliphatic rings. The highest BCUT2D eigenvalue weighted by atomic mass is 16.4. The molecule has 0 spiro atoms. The molecular formula is C11H16N2O2. The number of aliphatic carboxylic acids is 1. The molecule has 15 heavy (non-hydrogen) atoms. The van der Waals surface area contributed by atoms with Crippen molar-refractivity contribution >= 4 is 11.7 Å². The molecule has 0 saturated carbocycles. The van der Waals surface area contributed by atoms with Gasteiger partial charge in [-0.15, -0.1) is 0 Å². The number of carboxylic acids is 1. The number of hydrogen-bond acceptors (Lipinski definition) is 3. The van der Waals surface area contributed by atoms with Crippen molar-refractivity contribution in [2.45, 2.75) is 12.5 Å². The first-order chi connectivity index (χ1) is 7.00. The van der Waals surface area contributed by atoms with E-state index in [4.69, 9.17) is 10.8 Å². The Kier molecular flexibility index (Phi) is 3.68. The Hall–Kier alpha value is -1.55. The van der Waals surface area contributed by atoms with Gasteiger partial charge in [0.15, 0.2) is 0 Å². The number of anilines is 1. The second kappa shape index (κ2) is 4.79. The minimum absolute atomic E-state index is 0.358. The Labute approximate surface area is 89.3 Å². The fraction of sp³-hybridized carbons (Fsp3) is 0.364. The van der Waals surface area contributed by atoms with Gasteiger partial charge in [-0.25, -0.2) is 0 Å². The predicted molar refractivity (Wildman–Crippen MR) is 60.1 cm³/mol. The van der Waals surface area contributed by atoms with Crippen LogP contribution in [0.5, 0.6) is 0 Å². The highest BCUT2D eigenvalue weighted by Gasteiger charge is 2.12. The zero-order valence-corrected chi connectivity index (χ0v) is 8.97. The Morgan fingerprint density at radius 1 is 1.53 bits per heavy atom. The molecule has 82 valence electrons. The van der Waals surface area contributed by atoms with Crippen molar-refractivity contribution in [2.24, 2.45) is 5.73 Å². The molecule has 0 heterocycles. The molecule has 1 aromatic rings. The smallest absolute Gasteiger partial charge is 0.320 e. The molecule has 0 fully saturated rings. The van der Waals surface area contributed by atoms with Crippen molar-refractivity contribution in [1.82, 2.24) is 0 Å². The number of benzene rings is 1. The second-order valence-electron chi connectivity index (χ2n) is 3.71. The maximum atomic E-state index is 10.6. The monoisotopic (exact) mass is 208 g/mol. The van der Waals surface area contributed by atoms with E-state index in [1.807, 2.05) is 43.3 Å². The normalized spacial score (nSPS) is 12.2. The van der Waals surface area contributed by atoms with Gasteiger partial charge in [-0.3, -0.25) is 4.79 Å². The van der Waals surface area contributed by atoms with Crippen LogP contribution in [0.4, 0.5) is 5.69 Å². The van der Waals surface area contributed by atoms with Crippen molar-refractivity contribution in [3.63, 3.8) is 0 Å². The lowest BCUT2D eigenvalue weighted by atomic mass is 10.1. The van der Waals surface area contributed by atoms with Gasteiger partial charge in [-0.2, -0.15) is 0 Å². The number of rotatable bonds is 4. The van der Waals surface area contributed by atoms with Crippen molar-refractivity contribution in [3.05, 3.63) is 29.8 Å². The average molecular weight is 208 g/mol. The van der Waals surface area contributed by atoms with Crippen molar-refractivity contribution in [1.29, 1.82) is 0 Å². The summed E-state index contributed by atoms with van der Waals surface area (Å²) in [6, 6.07) is 6.87. The van der Waals surface area contributed by atoms with E-state index in [1.165, 1.54) is 0 Å². The molecule has 0 aliphatic carbocycles. The summed E-state index contributed by atoms with van der Waals surface area (Å²) in [6.07, 6.45) is 0.358. The van der Waals surface area contributed by atoms with Crippen LogP contribution >= 0.6 is 0 Å². The molecule has 1 rings (SSSR count). The molecule has 1 aromatic carbocycles. The minimum Gasteiger partial charge on any atom is -0.480 e. The van der Waals surface area contributed by atoms with Gasteiger partial charge >= 0.3 is 5.97 Å². The van der Waals surface area contributed by atoms with Crippen LogP contribution in [0, 0.1) is 0 Å². The summed E-state index contributed by atoms with van der Waals surface area (Å²) in [7, 11) is 3.88. The summed E-state index contributed by atoms with van der Waals surface area (Å²) in [4.78, 5) is 12.6. The quantitative estimate of drug-likeness (QED) is 0.764. The third-order valence-electron chi connectivity index (χ3n) is 2.20. The summed E-state index contributed by atoms with van der Waals surface area (Å²) in [6.45, 7) is 0. The van der Waals surface area contributed by atoms with E-state index in [1.54, 1.807) is 0 Å². The zero-order valence-electron chi connectivity index (χ0n) is 8.97. The first-order valence-corrected chi connectivity index (χ1v) is 4.75. The summed E-state index contributed by atoms with van der Waals surface area (Å²) >= 11 is 0. The van der Waals surface area contributed by atoms with Gasteiger partial charge in [0.1, 0.15) is 6.04 Å². The number of nitrogens with two attached hydrogens (primary N) is 1. The van der Waals surface area contributed by atoms with Gasteiger partial charge in [-0.05, 0) is 24.1 Å². The molecule has 0 amide bonds. The lowest BCUT2D eigenvalue weighted by Crippen LogP contribution is -2.32. The Morgan fingerprint density at radius 3 is 2.73 bits per heavy atom. The zero-order chi connectivity index (χ0) is 11.4. The van der Waals surface area contributed by atoms with Crippen molar-refractivity contribution < 1.29 is 9.90 Å². The topological polar surface area (TPSA) is 66.6 Å². The number of carboxylic acid groups (broad SMARTS) is 1. The molecule has 0 radical (unpaired) electrons. The van der Waals surface area contributed by atoms with Crippen LogP contribution in [0.1, 0.15) is 5.56 Å². The summed E-state index contributed by atoms with van der Waals surface area (Å²) < 4.78 is 0. The molecule has 4 nitrogen and oxygen atoms in total. The van der Waals surface area contributed by atoms with Crippen molar-refractivity contribution in [2.75, 3.05) is 19.0 Å². The highest BCUT2D eigenvalue weighted by Crippen LogP contribution is 2.14. The van der Waals surface area contributed by atoms with E-state index in [9.17, 15) is 4.79 Å². The van der Waals surface area contributed by atoms with Crippen LogP contribution in [-0.2, 0) is 11.2 Å². The molecular weight excluding hydrogens is 192 g/mol. The van der Waals surface area contributed by atoms with Gasteiger partial charge in [0.05, 0.1) is 0 Å². The van der Waals surface area contributed by atoms with E-state index in [0.717, 1.165) is 11.3 Å².